The first-order chi connectivity index (χ1) is 13.7. The number of aromatic nitrogens is 2. The first-order valence-electron chi connectivity index (χ1n) is 9.89. The summed E-state index contributed by atoms with van der Waals surface area (Å²) in [6.07, 6.45) is 5.70. The minimum Gasteiger partial charge on any atom is -0.461 e. The van der Waals surface area contributed by atoms with Crippen molar-refractivity contribution in [1.82, 2.24) is 19.8 Å². The molecule has 1 saturated heterocycles. The predicted molar refractivity (Wildman–Crippen MR) is 108 cm³/mol. The van der Waals surface area contributed by atoms with Crippen molar-refractivity contribution < 1.29 is 9.21 Å². The van der Waals surface area contributed by atoms with Crippen LogP contribution in [0.2, 0.25) is 0 Å². The molecule has 0 N–H and O–H groups in total. The Kier molecular flexibility index (Phi) is 5.39. The number of furan rings is 1. The minimum atomic E-state index is 0.174. The van der Waals surface area contributed by atoms with E-state index in [1.165, 1.54) is 0 Å². The molecular weight excluding hydrogens is 352 g/mol. The fourth-order valence-electron chi connectivity index (χ4n) is 3.98. The van der Waals surface area contributed by atoms with Crippen LogP contribution in [0.3, 0.4) is 0 Å². The Morgan fingerprint density at radius 3 is 2.82 bits per heavy atom. The van der Waals surface area contributed by atoms with Crippen molar-refractivity contribution in [2.75, 3.05) is 20.1 Å². The number of hydrogen-bond donors (Lipinski definition) is 0. The molecule has 146 valence electrons. The van der Waals surface area contributed by atoms with Gasteiger partial charge in [0.05, 0.1) is 13.0 Å². The lowest BCUT2D eigenvalue weighted by Gasteiger charge is -2.24. The summed E-state index contributed by atoms with van der Waals surface area (Å²) < 4.78 is 5.94. The summed E-state index contributed by atoms with van der Waals surface area (Å²) in [6.45, 7) is 4.30. The highest BCUT2D eigenvalue weighted by Crippen LogP contribution is 2.28. The fraction of sp³-hybridized carbons (Fsp3) is 0.409. The van der Waals surface area contributed by atoms with Gasteiger partial charge in [-0.25, -0.2) is 9.97 Å². The van der Waals surface area contributed by atoms with Crippen LogP contribution < -0.4 is 0 Å². The van der Waals surface area contributed by atoms with Crippen LogP contribution in [0, 0.1) is 0 Å². The molecule has 0 spiro atoms. The molecule has 2 aromatic heterocycles. The molecule has 1 aliphatic rings. The van der Waals surface area contributed by atoms with Crippen molar-refractivity contribution in [3.05, 3.63) is 59.9 Å². The third-order valence-corrected chi connectivity index (χ3v) is 5.58. The molecular formula is C22H26N4O2. The summed E-state index contributed by atoms with van der Waals surface area (Å²) >= 11 is 0. The van der Waals surface area contributed by atoms with E-state index in [9.17, 15) is 4.79 Å². The maximum Gasteiger partial charge on any atom is 0.227 e. The Labute approximate surface area is 165 Å². The number of hydrogen-bond acceptors (Lipinski definition) is 5. The highest BCUT2D eigenvalue weighted by Gasteiger charge is 2.30. The lowest BCUT2D eigenvalue weighted by atomic mass is 10.1. The van der Waals surface area contributed by atoms with Crippen LogP contribution in [-0.4, -0.2) is 51.9 Å². The van der Waals surface area contributed by atoms with Gasteiger partial charge in [-0.2, -0.15) is 0 Å². The van der Waals surface area contributed by atoms with Gasteiger partial charge < -0.3 is 9.32 Å². The first-order valence-corrected chi connectivity index (χ1v) is 9.89. The summed E-state index contributed by atoms with van der Waals surface area (Å²) in [5, 5.41) is 1.06. The standard InChI is InChI=1S/C22H26N4O2/c1-3-19-18(17-7-4-5-8-20(17)28-19)13-22(27)26-12-9-16(14-26)25(2)15-21-23-10-6-11-24-21/h4-8,10-11,16H,3,9,12-15H2,1-2H3. The number of fused-ring (bicyclic) bond motifs is 1. The zero-order chi connectivity index (χ0) is 19.5. The van der Waals surface area contributed by atoms with Crippen molar-refractivity contribution in [2.24, 2.45) is 0 Å². The molecule has 1 unspecified atom stereocenters. The molecule has 1 amide bonds. The second-order valence-electron chi connectivity index (χ2n) is 7.39. The summed E-state index contributed by atoms with van der Waals surface area (Å²) in [5.74, 6) is 1.91. The number of nitrogens with zero attached hydrogens (tertiary/aromatic N) is 4. The normalized spacial score (nSPS) is 17.0. The van der Waals surface area contributed by atoms with Crippen molar-refractivity contribution in [2.45, 2.75) is 38.8 Å². The van der Waals surface area contributed by atoms with Crippen LogP contribution >= 0.6 is 0 Å². The lowest BCUT2D eigenvalue weighted by Crippen LogP contribution is -2.37. The van der Waals surface area contributed by atoms with Gasteiger partial charge in [-0.1, -0.05) is 25.1 Å². The van der Waals surface area contributed by atoms with E-state index in [0.717, 1.165) is 54.0 Å². The van der Waals surface area contributed by atoms with Gasteiger partial charge in [-0.15, -0.1) is 0 Å². The largest absolute Gasteiger partial charge is 0.461 e. The van der Waals surface area contributed by atoms with Crippen LogP contribution in [0.1, 0.15) is 30.5 Å². The van der Waals surface area contributed by atoms with Gasteiger partial charge in [0.1, 0.15) is 17.2 Å². The molecule has 1 aromatic carbocycles. The van der Waals surface area contributed by atoms with Crippen molar-refractivity contribution >= 4 is 16.9 Å². The summed E-state index contributed by atoms with van der Waals surface area (Å²) in [4.78, 5) is 25.8. The first kappa shape index (κ1) is 18.6. The minimum absolute atomic E-state index is 0.174. The van der Waals surface area contributed by atoms with Crippen LogP contribution in [0.15, 0.2) is 47.1 Å². The summed E-state index contributed by atoms with van der Waals surface area (Å²) in [6, 6.07) is 10.1. The maximum absolute atomic E-state index is 13.0. The Morgan fingerprint density at radius 2 is 2.04 bits per heavy atom. The van der Waals surface area contributed by atoms with Gasteiger partial charge >= 0.3 is 0 Å². The third-order valence-electron chi connectivity index (χ3n) is 5.58. The number of aryl methyl sites for hydroxylation is 1. The highest BCUT2D eigenvalue weighted by molar-refractivity contribution is 5.88. The van der Waals surface area contributed by atoms with Gasteiger partial charge in [0.25, 0.3) is 0 Å². The third kappa shape index (κ3) is 3.78. The number of benzene rings is 1. The van der Waals surface area contributed by atoms with Gasteiger partial charge in [-0.3, -0.25) is 9.69 Å². The molecule has 1 atom stereocenters. The van der Waals surface area contributed by atoms with Gasteiger partial charge in [0.15, 0.2) is 0 Å². The highest BCUT2D eigenvalue weighted by atomic mass is 16.3. The van der Waals surface area contributed by atoms with E-state index in [0.29, 0.717) is 19.0 Å². The van der Waals surface area contributed by atoms with Crippen molar-refractivity contribution in [3.63, 3.8) is 0 Å². The monoisotopic (exact) mass is 378 g/mol. The topological polar surface area (TPSA) is 62.5 Å². The average Bonchev–Trinajstić information content (AvgIpc) is 3.34. The SMILES string of the molecule is CCc1oc2ccccc2c1CC(=O)N1CCC(N(C)Cc2ncccn2)C1. The lowest BCUT2D eigenvalue weighted by molar-refractivity contribution is -0.129. The van der Waals surface area contributed by atoms with E-state index >= 15 is 0 Å². The Bertz CT molecular complexity index is 954. The van der Waals surface area contributed by atoms with Gasteiger partial charge in [0.2, 0.25) is 5.91 Å². The molecule has 28 heavy (non-hydrogen) atoms. The number of amides is 1. The molecule has 0 bridgehead atoms. The number of carbonyl (C=O) groups is 1. The van der Waals surface area contributed by atoms with E-state index in [1.807, 2.05) is 35.2 Å². The van der Waals surface area contributed by atoms with Crippen LogP contribution in [0.4, 0.5) is 0 Å². The van der Waals surface area contributed by atoms with Crippen LogP contribution in [0.5, 0.6) is 0 Å². The number of para-hydroxylation sites is 1. The molecule has 6 heteroatoms. The number of likely N-dealkylation sites (tertiary alicyclic amines) is 1. The second-order valence-corrected chi connectivity index (χ2v) is 7.39. The molecule has 3 aromatic rings. The average molecular weight is 378 g/mol. The Hall–Kier alpha value is -2.73. The molecule has 1 fully saturated rings. The maximum atomic E-state index is 13.0. The number of rotatable bonds is 6. The quantitative estimate of drug-likeness (QED) is 0.660. The van der Waals surface area contributed by atoms with E-state index in [4.69, 9.17) is 4.42 Å². The zero-order valence-corrected chi connectivity index (χ0v) is 16.5. The molecule has 0 aliphatic carbocycles. The molecule has 0 saturated carbocycles. The summed E-state index contributed by atoms with van der Waals surface area (Å²) in [7, 11) is 2.08. The molecule has 3 heterocycles. The fourth-order valence-corrected chi connectivity index (χ4v) is 3.98. The van der Waals surface area contributed by atoms with Crippen LogP contribution in [-0.2, 0) is 24.2 Å². The van der Waals surface area contributed by atoms with Crippen molar-refractivity contribution in [1.29, 1.82) is 0 Å². The number of carbonyl (C=O) groups excluding carboxylic acids is 1. The molecule has 4 rings (SSSR count). The predicted octanol–water partition coefficient (Wildman–Crippen LogP) is 3.06. The van der Waals surface area contributed by atoms with E-state index < -0.39 is 0 Å². The Balaban J connectivity index is 1.41. The second kappa shape index (κ2) is 8.10. The zero-order valence-electron chi connectivity index (χ0n) is 16.5. The Morgan fingerprint density at radius 1 is 1.25 bits per heavy atom. The van der Waals surface area contributed by atoms with E-state index in [2.05, 4.69) is 28.8 Å². The number of likely N-dealkylation sites (N-methyl/N-ethyl adjacent to an activating group) is 1. The van der Waals surface area contributed by atoms with Gasteiger partial charge in [0, 0.05) is 48.9 Å². The molecule has 1 aliphatic heterocycles. The van der Waals surface area contributed by atoms with Gasteiger partial charge in [-0.05, 0) is 25.6 Å². The van der Waals surface area contributed by atoms with Crippen LogP contribution in [0.25, 0.3) is 11.0 Å². The van der Waals surface area contributed by atoms with E-state index in [-0.39, 0.29) is 5.91 Å². The molecule has 0 radical (unpaired) electrons. The smallest absolute Gasteiger partial charge is 0.227 e. The van der Waals surface area contributed by atoms with E-state index in [1.54, 1.807) is 12.4 Å². The van der Waals surface area contributed by atoms with Crippen molar-refractivity contribution in [3.8, 4) is 0 Å². The summed E-state index contributed by atoms with van der Waals surface area (Å²) in [5.41, 5.74) is 1.90. The molecule has 6 nitrogen and oxygen atoms in total.